The number of rotatable bonds is 6. The highest BCUT2D eigenvalue weighted by atomic mass is 16.4. The summed E-state index contributed by atoms with van der Waals surface area (Å²) in [6.07, 6.45) is 1.39. The van der Waals surface area contributed by atoms with Crippen LogP contribution in [0.1, 0.15) is 31.7 Å². The average Bonchev–Trinajstić information content (AvgIpc) is 2.37. The van der Waals surface area contributed by atoms with Gasteiger partial charge in [-0.3, -0.25) is 0 Å². The molecule has 0 radical (unpaired) electrons. The van der Waals surface area contributed by atoms with Gasteiger partial charge in [0, 0.05) is 0 Å². The molecule has 1 aromatic rings. The van der Waals surface area contributed by atoms with Gasteiger partial charge in [0.1, 0.15) is 0 Å². The van der Waals surface area contributed by atoms with Crippen LogP contribution in [0.2, 0.25) is 0 Å². The molecule has 0 fully saturated rings. The molecule has 0 unspecified atom stereocenters. The first-order chi connectivity index (χ1) is 9.38. The van der Waals surface area contributed by atoms with Crippen molar-refractivity contribution in [2.24, 2.45) is 0 Å². The van der Waals surface area contributed by atoms with Crippen molar-refractivity contribution in [3.05, 3.63) is 29.3 Å². The van der Waals surface area contributed by atoms with Crippen molar-refractivity contribution in [1.82, 2.24) is 0 Å². The van der Waals surface area contributed by atoms with Crippen molar-refractivity contribution in [3.63, 3.8) is 0 Å². The van der Waals surface area contributed by atoms with Crippen LogP contribution in [-0.2, 0) is 9.59 Å². The molecule has 20 heavy (non-hydrogen) atoms. The third kappa shape index (κ3) is 3.50. The number of unbranched alkanes of at least 4 members (excludes halogenated alkanes) is 1. The Morgan fingerprint density at radius 1 is 1.05 bits per heavy atom. The van der Waals surface area contributed by atoms with E-state index in [1.54, 1.807) is 0 Å². The summed E-state index contributed by atoms with van der Waals surface area (Å²) in [7, 11) is 0. The lowest BCUT2D eigenvalue weighted by atomic mass is 9.96. The second-order valence-electron chi connectivity index (χ2n) is 4.27. The average molecular weight is 280 g/mol. The van der Waals surface area contributed by atoms with Crippen LogP contribution in [0.15, 0.2) is 23.8 Å². The Kier molecular flexibility index (Phi) is 5.14. The minimum Gasteiger partial charge on any atom is -0.504 e. The molecule has 0 aromatic heterocycles. The highest BCUT2D eigenvalue weighted by Crippen LogP contribution is 2.31. The van der Waals surface area contributed by atoms with E-state index in [1.165, 1.54) is 6.07 Å². The van der Waals surface area contributed by atoms with Crippen LogP contribution in [0, 0.1) is 0 Å². The molecule has 0 aliphatic carbocycles. The molecule has 0 atom stereocenters. The molecule has 0 amide bonds. The van der Waals surface area contributed by atoms with Crippen molar-refractivity contribution < 1.29 is 30.0 Å². The Morgan fingerprint density at radius 3 is 2.15 bits per heavy atom. The zero-order valence-corrected chi connectivity index (χ0v) is 11.0. The number of carboxylic acid groups (broad SMARTS) is 2. The summed E-state index contributed by atoms with van der Waals surface area (Å²) in [5, 5.41) is 37.0. The normalized spacial score (nSPS) is 11.8. The number of aromatic hydroxyl groups is 2. The molecule has 0 aliphatic rings. The third-order valence-corrected chi connectivity index (χ3v) is 2.82. The summed E-state index contributed by atoms with van der Waals surface area (Å²) in [6, 6.07) is 3.41. The molecule has 0 bridgehead atoms. The maximum Gasteiger partial charge on any atom is 0.336 e. The Bertz CT molecular complexity index is 559. The maximum absolute atomic E-state index is 11.3. The number of carboxylic acids is 2. The second-order valence-corrected chi connectivity index (χ2v) is 4.27. The van der Waals surface area contributed by atoms with E-state index in [4.69, 9.17) is 0 Å². The molecule has 6 nitrogen and oxygen atoms in total. The first-order valence-corrected chi connectivity index (χ1v) is 6.10. The van der Waals surface area contributed by atoms with E-state index in [2.05, 4.69) is 0 Å². The predicted octanol–water partition coefficient (Wildman–Crippen LogP) is 2.21. The van der Waals surface area contributed by atoms with E-state index in [9.17, 15) is 30.0 Å². The molecule has 6 heteroatoms. The van der Waals surface area contributed by atoms with Gasteiger partial charge in [-0.2, -0.15) is 0 Å². The molecule has 0 aliphatic heterocycles. The minimum atomic E-state index is -1.39. The SMILES string of the molecule is CCCC/C(C(=O)O)=C(/C(=O)O)c1ccc(O)c(O)c1. The summed E-state index contributed by atoms with van der Waals surface area (Å²) < 4.78 is 0. The number of hydrogen-bond donors (Lipinski definition) is 4. The van der Waals surface area contributed by atoms with Crippen LogP contribution in [0.25, 0.3) is 5.57 Å². The number of phenols is 2. The summed E-state index contributed by atoms with van der Waals surface area (Å²) in [6.45, 7) is 1.87. The third-order valence-electron chi connectivity index (χ3n) is 2.82. The van der Waals surface area contributed by atoms with Crippen LogP contribution in [0.3, 0.4) is 0 Å². The van der Waals surface area contributed by atoms with Gasteiger partial charge in [-0.15, -0.1) is 0 Å². The van der Waals surface area contributed by atoms with Crippen LogP contribution in [0.5, 0.6) is 11.5 Å². The van der Waals surface area contributed by atoms with Crippen molar-refractivity contribution in [2.45, 2.75) is 26.2 Å². The Morgan fingerprint density at radius 2 is 1.70 bits per heavy atom. The number of hydrogen-bond acceptors (Lipinski definition) is 4. The van der Waals surface area contributed by atoms with Crippen LogP contribution < -0.4 is 0 Å². The molecule has 0 heterocycles. The highest BCUT2D eigenvalue weighted by molar-refractivity contribution is 6.21. The van der Waals surface area contributed by atoms with Crippen LogP contribution in [-0.4, -0.2) is 32.4 Å². The lowest BCUT2D eigenvalue weighted by Gasteiger charge is -2.10. The molecule has 0 saturated carbocycles. The first kappa shape index (κ1) is 15.6. The van der Waals surface area contributed by atoms with Crippen LogP contribution >= 0.6 is 0 Å². The minimum absolute atomic E-state index is 0.0429. The van der Waals surface area contributed by atoms with E-state index in [0.717, 1.165) is 18.6 Å². The maximum atomic E-state index is 11.3. The molecular formula is C14H16O6. The number of aliphatic carboxylic acids is 2. The van der Waals surface area contributed by atoms with Crippen molar-refractivity contribution in [3.8, 4) is 11.5 Å². The van der Waals surface area contributed by atoms with E-state index >= 15 is 0 Å². The van der Waals surface area contributed by atoms with Gasteiger partial charge in [0.15, 0.2) is 11.5 Å². The lowest BCUT2D eigenvalue weighted by Crippen LogP contribution is -2.11. The predicted molar refractivity (Wildman–Crippen MR) is 71.5 cm³/mol. The highest BCUT2D eigenvalue weighted by Gasteiger charge is 2.22. The Hall–Kier alpha value is -2.50. The number of phenolic OH excluding ortho intramolecular Hbond substituents is 2. The second kappa shape index (κ2) is 6.60. The summed E-state index contributed by atoms with van der Waals surface area (Å²) >= 11 is 0. The largest absolute Gasteiger partial charge is 0.504 e. The Labute approximate surface area is 115 Å². The summed E-state index contributed by atoms with van der Waals surface area (Å²) in [5.74, 6) is -3.59. The fraction of sp³-hybridized carbons (Fsp3) is 0.286. The van der Waals surface area contributed by atoms with Gasteiger partial charge in [-0.05, 0) is 30.5 Å². The van der Waals surface area contributed by atoms with Crippen molar-refractivity contribution >= 4 is 17.5 Å². The Balaban J connectivity index is 3.42. The standard InChI is InChI=1S/C14H16O6/c1-2-3-4-9(13(17)18)12(14(19)20)8-5-6-10(15)11(16)7-8/h5-7,15-16H,2-4H2,1H3,(H,17,18)(H,19,20)/b12-9-. The molecule has 0 spiro atoms. The van der Waals surface area contributed by atoms with Gasteiger partial charge < -0.3 is 20.4 Å². The molecule has 1 rings (SSSR count). The van der Waals surface area contributed by atoms with E-state index < -0.39 is 23.4 Å². The zero-order chi connectivity index (χ0) is 15.3. The lowest BCUT2D eigenvalue weighted by molar-refractivity contribution is -0.134. The quantitative estimate of drug-likeness (QED) is 0.469. The fourth-order valence-corrected chi connectivity index (χ4v) is 1.80. The number of benzene rings is 1. The number of carbonyl (C=O) groups is 2. The fourth-order valence-electron chi connectivity index (χ4n) is 1.80. The van der Waals surface area contributed by atoms with Gasteiger partial charge in [-0.25, -0.2) is 9.59 Å². The van der Waals surface area contributed by atoms with Gasteiger partial charge in [-0.1, -0.05) is 19.4 Å². The molecule has 4 N–H and O–H groups in total. The van der Waals surface area contributed by atoms with E-state index in [-0.39, 0.29) is 23.1 Å². The van der Waals surface area contributed by atoms with Crippen molar-refractivity contribution in [1.29, 1.82) is 0 Å². The smallest absolute Gasteiger partial charge is 0.336 e. The van der Waals surface area contributed by atoms with Crippen LogP contribution in [0.4, 0.5) is 0 Å². The molecule has 1 aromatic carbocycles. The van der Waals surface area contributed by atoms with Gasteiger partial charge in [0.2, 0.25) is 0 Å². The van der Waals surface area contributed by atoms with Gasteiger partial charge in [0.25, 0.3) is 0 Å². The molecular weight excluding hydrogens is 264 g/mol. The first-order valence-electron chi connectivity index (χ1n) is 6.10. The molecule has 108 valence electrons. The summed E-state index contributed by atoms with van der Waals surface area (Å²) in [4.78, 5) is 22.6. The topological polar surface area (TPSA) is 115 Å². The van der Waals surface area contributed by atoms with Crippen molar-refractivity contribution in [2.75, 3.05) is 0 Å². The molecule has 0 saturated heterocycles. The monoisotopic (exact) mass is 280 g/mol. The van der Waals surface area contributed by atoms with Gasteiger partial charge in [0.05, 0.1) is 11.1 Å². The zero-order valence-electron chi connectivity index (χ0n) is 11.0. The van der Waals surface area contributed by atoms with E-state index in [1.807, 2.05) is 6.92 Å². The van der Waals surface area contributed by atoms with Gasteiger partial charge >= 0.3 is 11.9 Å². The summed E-state index contributed by atoms with van der Waals surface area (Å²) in [5.41, 5.74) is -0.549. The van der Waals surface area contributed by atoms with E-state index in [0.29, 0.717) is 6.42 Å².